The number of carbonyl (C=O) groups is 1. The fourth-order valence-corrected chi connectivity index (χ4v) is 0.206. The van der Waals surface area contributed by atoms with Crippen LogP contribution in [0.25, 0.3) is 0 Å². The van der Waals surface area contributed by atoms with E-state index in [1.807, 2.05) is 0 Å². The number of hydrogen-bond acceptors (Lipinski definition) is 3. The number of carboxylic acid groups (broad SMARTS) is 1. The van der Waals surface area contributed by atoms with Crippen LogP contribution in [-0.4, -0.2) is 45.4 Å². The Morgan fingerprint density at radius 3 is 2.00 bits per heavy atom. The van der Waals surface area contributed by atoms with E-state index in [9.17, 15) is 4.79 Å². The zero-order valence-corrected chi connectivity index (χ0v) is 6.66. The van der Waals surface area contributed by atoms with Gasteiger partial charge in [-0.3, -0.25) is 4.79 Å². The molecule has 0 aromatic heterocycles. The van der Waals surface area contributed by atoms with Gasteiger partial charge in [-0.1, -0.05) is 0 Å². The quantitative estimate of drug-likeness (QED) is 0.466. The maximum atomic E-state index is 9.86. The van der Waals surface area contributed by atoms with Crippen molar-refractivity contribution in [1.29, 1.82) is 0 Å². The Hall–Kier alpha value is -0.0905. The maximum Gasteiger partial charge on any atom is 0.323 e. The monoisotopic (exact) mass is 199 g/mol. The zero-order chi connectivity index (χ0) is 6.73. The van der Waals surface area contributed by atoms with E-state index in [0.29, 0.717) is 0 Å². The predicted molar refractivity (Wildman–Crippen MR) is 33.0 cm³/mol. The van der Waals surface area contributed by atoms with Crippen molar-refractivity contribution in [2.45, 2.75) is 19.1 Å². The number of carboxylic acids is 1. The number of nitrogens with two attached hydrogens (primary N) is 1. The van der Waals surface area contributed by atoms with Gasteiger partial charge in [0.15, 0.2) is 0 Å². The molecule has 0 aromatic rings. The van der Waals surface area contributed by atoms with Gasteiger partial charge in [0.25, 0.3) is 0 Å². The molecule has 0 fully saturated rings. The van der Waals surface area contributed by atoms with Crippen LogP contribution in [0.5, 0.6) is 0 Å². The summed E-state index contributed by atoms with van der Waals surface area (Å²) in [5.74, 6) is -1.18. The van der Waals surface area contributed by atoms with Crippen LogP contribution in [0.3, 0.4) is 0 Å². The molecule has 5 heteroatoms. The van der Waals surface area contributed by atoms with Gasteiger partial charge in [-0.2, -0.15) is 0 Å². The van der Waals surface area contributed by atoms with Crippen LogP contribution in [0.2, 0.25) is 0 Å². The molecule has 2 atom stereocenters. The molecule has 0 aliphatic carbocycles. The molecule has 0 rings (SSSR count). The molecule has 0 bridgehead atoms. The van der Waals surface area contributed by atoms with Crippen molar-refractivity contribution in [3.05, 3.63) is 0 Å². The second-order valence-corrected chi connectivity index (χ2v) is 1.60. The van der Waals surface area contributed by atoms with E-state index in [1.54, 1.807) is 0 Å². The van der Waals surface area contributed by atoms with Crippen LogP contribution >= 0.6 is 0 Å². The van der Waals surface area contributed by atoms with Crippen LogP contribution in [0.1, 0.15) is 6.92 Å². The van der Waals surface area contributed by atoms with Crippen LogP contribution in [0.4, 0.5) is 0 Å². The van der Waals surface area contributed by atoms with E-state index in [4.69, 9.17) is 15.9 Å². The van der Waals surface area contributed by atoms with E-state index in [-0.39, 0.29) is 17.1 Å². The fourth-order valence-electron chi connectivity index (χ4n) is 0.206. The molecule has 9 heavy (non-hydrogen) atoms. The van der Waals surface area contributed by atoms with Gasteiger partial charge in [-0.05, 0) is 6.92 Å². The van der Waals surface area contributed by atoms with Gasteiger partial charge >= 0.3 is 5.97 Å². The molecule has 4 N–H and O–H groups in total. The minimum Gasteiger partial charge on any atom is -0.480 e. The van der Waals surface area contributed by atoms with E-state index in [0.717, 1.165) is 0 Å². The SMILES string of the molecule is C[C@@H](O)[C@H](N)C(=O)O.[Se]. The van der Waals surface area contributed by atoms with E-state index >= 15 is 0 Å². The summed E-state index contributed by atoms with van der Waals surface area (Å²) in [5.41, 5.74) is 4.91. The molecular weight excluding hydrogens is 189 g/mol. The Balaban J connectivity index is 0. The minimum atomic E-state index is -1.18. The van der Waals surface area contributed by atoms with E-state index in [1.165, 1.54) is 6.92 Å². The molecule has 0 unspecified atom stereocenters. The second kappa shape index (κ2) is 4.76. The third-order valence-electron chi connectivity index (χ3n) is 0.805. The van der Waals surface area contributed by atoms with Crippen LogP contribution in [0.15, 0.2) is 0 Å². The number of aliphatic carboxylic acids is 1. The molecule has 0 amide bonds. The molecule has 0 aliphatic heterocycles. The summed E-state index contributed by atoms with van der Waals surface area (Å²) >= 11 is 0. The number of aliphatic hydroxyl groups excluding tert-OH is 1. The topological polar surface area (TPSA) is 83.5 Å². The first-order chi connectivity index (χ1) is 3.55. The van der Waals surface area contributed by atoms with Gasteiger partial charge in [0.2, 0.25) is 0 Å². The summed E-state index contributed by atoms with van der Waals surface area (Å²) < 4.78 is 0. The Kier molecular flexibility index (Phi) is 6.17. The van der Waals surface area contributed by atoms with Gasteiger partial charge in [-0.15, -0.1) is 0 Å². The third-order valence-corrected chi connectivity index (χ3v) is 0.805. The molecule has 0 spiro atoms. The van der Waals surface area contributed by atoms with Crippen molar-refractivity contribution in [3.63, 3.8) is 0 Å². The molecular formula is C4H9NO3Se. The molecule has 0 saturated carbocycles. The first kappa shape index (κ1) is 11.7. The molecule has 0 aromatic carbocycles. The Morgan fingerprint density at radius 1 is 1.67 bits per heavy atom. The van der Waals surface area contributed by atoms with Gasteiger partial charge in [0.05, 0.1) is 6.10 Å². The minimum absolute atomic E-state index is 0. The van der Waals surface area contributed by atoms with Crippen LogP contribution < -0.4 is 5.73 Å². The average Bonchev–Trinajstić information content (AvgIpc) is 1.64. The summed E-state index contributed by atoms with van der Waals surface area (Å²) in [6.07, 6.45) is -0.979. The van der Waals surface area contributed by atoms with Crippen molar-refractivity contribution in [2.75, 3.05) is 0 Å². The molecule has 4 nitrogen and oxygen atoms in total. The summed E-state index contributed by atoms with van der Waals surface area (Å²) in [6, 6.07) is -1.16. The van der Waals surface area contributed by atoms with Crippen LogP contribution in [0, 0.1) is 0 Å². The number of aliphatic hydroxyl groups is 1. The van der Waals surface area contributed by atoms with Gasteiger partial charge < -0.3 is 15.9 Å². The van der Waals surface area contributed by atoms with Crippen molar-refractivity contribution in [1.82, 2.24) is 0 Å². The summed E-state index contributed by atoms with van der Waals surface area (Å²) in [6.45, 7) is 1.33. The summed E-state index contributed by atoms with van der Waals surface area (Å²) in [7, 11) is 0. The van der Waals surface area contributed by atoms with Crippen molar-refractivity contribution < 1.29 is 15.0 Å². The molecule has 0 heterocycles. The van der Waals surface area contributed by atoms with Gasteiger partial charge in [-0.25, -0.2) is 0 Å². The molecule has 54 valence electrons. The Labute approximate surface area is 63.5 Å². The van der Waals surface area contributed by atoms with E-state index in [2.05, 4.69) is 0 Å². The first-order valence-corrected chi connectivity index (χ1v) is 2.22. The largest absolute Gasteiger partial charge is 0.480 e. The Morgan fingerprint density at radius 2 is 2.00 bits per heavy atom. The number of hydrogen-bond donors (Lipinski definition) is 3. The van der Waals surface area contributed by atoms with Crippen LogP contribution in [-0.2, 0) is 4.79 Å². The summed E-state index contributed by atoms with van der Waals surface area (Å²) in [5, 5.41) is 16.6. The van der Waals surface area contributed by atoms with E-state index < -0.39 is 18.1 Å². The molecule has 0 saturated heterocycles. The maximum absolute atomic E-state index is 9.86. The fraction of sp³-hybridized carbons (Fsp3) is 0.750. The average molecular weight is 198 g/mol. The second-order valence-electron chi connectivity index (χ2n) is 1.60. The predicted octanol–water partition coefficient (Wildman–Crippen LogP) is -1.60. The summed E-state index contributed by atoms with van der Waals surface area (Å²) in [4.78, 5) is 9.86. The van der Waals surface area contributed by atoms with Crippen molar-refractivity contribution >= 4 is 23.0 Å². The standard InChI is InChI=1S/C4H9NO3.Se/c1-2(6)3(5)4(7)8;/h2-3,6H,5H2,1H3,(H,7,8);/t2-,3+;/m1./s1. The first-order valence-electron chi connectivity index (χ1n) is 2.22. The van der Waals surface area contributed by atoms with Crippen molar-refractivity contribution in [2.24, 2.45) is 5.73 Å². The molecule has 0 aliphatic rings. The zero-order valence-electron chi connectivity index (χ0n) is 4.94. The van der Waals surface area contributed by atoms with Crippen molar-refractivity contribution in [3.8, 4) is 0 Å². The van der Waals surface area contributed by atoms with Gasteiger partial charge in [0, 0.05) is 17.1 Å². The normalized spacial score (nSPS) is 15.4. The number of rotatable bonds is 2. The Bertz CT molecular complexity index is 95.8. The molecule has 2 radical (unpaired) electrons. The smallest absolute Gasteiger partial charge is 0.323 e. The van der Waals surface area contributed by atoms with Gasteiger partial charge in [0.1, 0.15) is 6.04 Å². The third kappa shape index (κ3) is 4.42.